The van der Waals surface area contributed by atoms with Crippen LogP contribution in [0, 0.1) is 5.41 Å². The lowest BCUT2D eigenvalue weighted by Crippen LogP contribution is -2.29. The number of ether oxygens (including phenoxy) is 1. The molecule has 0 spiro atoms. The minimum absolute atomic E-state index is 0.110. The van der Waals surface area contributed by atoms with Crippen molar-refractivity contribution in [2.45, 2.75) is 32.9 Å². The molecule has 2 N–H and O–H groups in total. The number of nitrogens with one attached hydrogen (secondary N) is 2. The molecule has 1 aliphatic carbocycles. The Morgan fingerprint density at radius 3 is 2.88 bits per heavy atom. The van der Waals surface area contributed by atoms with E-state index >= 15 is 0 Å². The fraction of sp³-hybridized carbons (Fsp3) is 0.333. The van der Waals surface area contributed by atoms with Gasteiger partial charge in [-0.05, 0) is 25.0 Å². The van der Waals surface area contributed by atoms with E-state index in [2.05, 4.69) is 15.3 Å². The molecule has 0 aliphatic heterocycles. The molecule has 4 rings (SSSR count). The van der Waals surface area contributed by atoms with Crippen molar-refractivity contribution in [2.24, 2.45) is 5.41 Å². The number of halogens is 2. The van der Waals surface area contributed by atoms with Crippen molar-refractivity contribution in [3.8, 4) is 5.75 Å². The summed E-state index contributed by atoms with van der Waals surface area (Å²) in [7, 11) is 0. The average molecular weight is 410 g/mol. The molecule has 0 saturated heterocycles. The first-order chi connectivity index (χ1) is 12.4. The summed E-state index contributed by atoms with van der Waals surface area (Å²) in [5.74, 6) is 0.671. The minimum Gasteiger partial charge on any atom is -0.486 e. The van der Waals surface area contributed by atoms with Crippen LogP contribution in [0.2, 0.25) is 9.36 Å². The van der Waals surface area contributed by atoms with E-state index in [0.29, 0.717) is 27.3 Å². The number of nitrogens with zero attached hydrogens (tertiary/aromatic N) is 1. The van der Waals surface area contributed by atoms with Gasteiger partial charge in [0.1, 0.15) is 22.4 Å². The molecule has 2 aromatic heterocycles. The first-order valence-electron chi connectivity index (χ1n) is 8.25. The van der Waals surface area contributed by atoms with Gasteiger partial charge in [0.2, 0.25) is 5.91 Å². The monoisotopic (exact) mass is 409 g/mol. The van der Waals surface area contributed by atoms with E-state index in [0.717, 1.165) is 29.4 Å². The van der Waals surface area contributed by atoms with Crippen LogP contribution in [0.3, 0.4) is 0 Å². The van der Waals surface area contributed by atoms with Crippen LogP contribution < -0.4 is 10.1 Å². The van der Waals surface area contributed by atoms with Crippen LogP contribution in [0.15, 0.2) is 23.7 Å². The van der Waals surface area contributed by atoms with Crippen molar-refractivity contribution in [1.29, 1.82) is 0 Å². The number of rotatable bonds is 6. The topological polar surface area (TPSA) is 67.0 Å². The number of aromatic amines is 1. The number of carbonyl (C=O) groups is 1. The van der Waals surface area contributed by atoms with Gasteiger partial charge in [-0.2, -0.15) is 0 Å². The number of thiazole rings is 1. The summed E-state index contributed by atoms with van der Waals surface area (Å²) < 4.78 is 6.38. The highest BCUT2D eigenvalue weighted by Crippen LogP contribution is 2.45. The molecule has 1 aromatic carbocycles. The maximum absolute atomic E-state index is 12.1. The number of aromatic nitrogens is 2. The summed E-state index contributed by atoms with van der Waals surface area (Å²) >= 11 is 13.7. The third kappa shape index (κ3) is 3.54. The quantitative estimate of drug-likeness (QED) is 0.606. The van der Waals surface area contributed by atoms with Crippen molar-refractivity contribution >= 4 is 51.3 Å². The Kier molecular flexibility index (Phi) is 4.59. The first kappa shape index (κ1) is 17.6. The summed E-state index contributed by atoms with van der Waals surface area (Å²) in [6.45, 7) is 2.71. The Morgan fingerprint density at radius 2 is 2.19 bits per heavy atom. The molecule has 0 unspecified atom stereocenters. The van der Waals surface area contributed by atoms with Crippen LogP contribution >= 0.6 is 34.5 Å². The fourth-order valence-electron chi connectivity index (χ4n) is 2.70. The van der Waals surface area contributed by atoms with Gasteiger partial charge in [-0.3, -0.25) is 4.79 Å². The van der Waals surface area contributed by atoms with Crippen molar-refractivity contribution in [3.63, 3.8) is 0 Å². The molecule has 0 radical (unpaired) electrons. The molecule has 5 nitrogen and oxygen atoms in total. The van der Waals surface area contributed by atoms with Gasteiger partial charge in [0.05, 0.1) is 17.1 Å². The Balaban J connectivity index is 1.47. The predicted molar refractivity (Wildman–Crippen MR) is 104 cm³/mol. The Bertz CT molecular complexity index is 978. The largest absolute Gasteiger partial charge is 0.486 e. The van der Waals surface area contributed by atoms with Crippen LogP contribution in [-0.2, 0) is 17.9 Å². The second-order valence-electron chi connectivity index (χ2n) is 6.77. The van der Waals surface area contributed by atoms with Gasteiger partial charge in [0.15, 0.2) is 0 Å². The molecule has 26 heavy (non-hydrogen) atoms. The minimum atomic E-state index is -0.173. The number of H-pyrrole nitrogens is 1. The van der Waals surface area contributed by atoms with E-state index in [9.17, 15) is 4.79 Å². The zero-order valence-corrected chi connectivity index (χ0v) is 16.4. The molecule has 1 aliphatic rings. The molecule has 2 heterocycles. The van der Waals surface area contributed by atoms with E-state index in [1.165, 1.54) is 11.3 Å². The number of hydrogen-bond donors (Lipinski definition) is 2. The van der Waals surface area contributed by atoms with E-state index < -0.39 is 0 Å². The maximum Gasteiger partial charge on any atom is 0.226 e. The molecule has 3 aromatic rings. The van der Waals surface area contributed by atoms with Crippen LogP contribution in [-0.4, -0.2) is 15.9 Å². The summed E-state index contributed by atoms with van der Waals surface area (Å²) in [5.41, 5.74) is 4.02. The highest BCUT2D eigenvalue weighted by atomic mass is 35.5. The standard InChI is InChI=1S/C18H17Cl2N3O2S/c1-18(2-3-18)17(24)21-7-11-4-10-5-12(19)15(6-13(10)23-11)25-8-14-16(20)26-9-22-14/h4-6,9,23H,2-3,7-8H2,1H3,(H,21,24). The molecule has 1 fully saturated rings. The summed E-state index contributed by atoms with van der Waals surface area (Å²) in [4.78, 5) is 19.5. The fourth-order valence-corrected chi connectivity index (χ4v) is 3.67. The van der Waals surface area contributed by atoms with Crippen molar-refractivity contribution in [3.05, 3.63) is 44.5 Å². The third-order valence-electron chi connectivity index (χ3n) is 4.67. The van der Waals surface area contributed by atoms with E-state index in [-0.39, 0.29) is 17.9 Å². The molecule has 1 saturated carbocycles. The van der Waals surface area contributed by atoms with Gasteiger partial charge in [0.25, 0.3) is 0 Å². The molecule has 0 bridgehead atoms. The van der Waals surface area contributed by atoms with E-state index in [4.69, 9.17) is 27.9 Å². The summed E-state index contributed by atoms with van der Waals surface area (Å²) in [6, 6.07) is 5.68. The molecule has 0 atom stereocenters. The zero-order valence-electron chi connectivity index (χ0n) is 14.1. The number of carbonyl (C=O) groups excluding carboxylic acids is 1. The molecular weight excluding hydrogens is 393 g/mol. The SMILES string of the molecule is CC1(C(=O)NCc2cc3cc(Cl)c(OCc4ncsc4Cl)cc3[nH]2)CC1. The molecule has 1 amide bonds. The summed E-state index contributed by atoms with van der Waals surface area (Å²) in [5, 5.41) is 4.47. The zero-order chi connectivity index (χ0) is 18.3. The molecule has 8 heteroatoms. The second kappa shape index (κ2) is 6.76. The third-order valence-corrected chi connectivity index (χ3v) is 6.11. The van der Waals surface area contributed by atoms with E-state index in [1.807, 2.05) is 25.1 Å². The Hall–Kier alpha value is -1.76. The molecule has 136 valence electrons. The lowest BCUT2D eigenvalue weighted by atomic mass is 10.1. The number of benzene rings is 1. The lowest BCUT2D eigenvalue weighted by molar-refractivity contribution is -0.125. The first-order valence-corrected chi connectivity index (χ1v) is 9.88. The number of amides is 1. The smallest absolute Gasteiger partial charge is 0.226 e. The molecular formula is C18H17Cl2N3O2S. The number of hydrogen-bond acceptors (Lipinski definition) is 4. The lowest BCUT2D eigenvalue weighted by Gasteiger charge is -2.08. The Labute approximate surface area is 164 Å². The normalized spacial score (nSPS) is 15.2. The highest BCUT2D eigenvalue weighted by molar-refractivity contribution is 7.14. The van der Waals surface area contributed by atoms with Crippen LogP contribution in [0.4, 0.5) is 0 Å². The van der Waals surface area contributed by atoms with Gasteiger partial charge in [-0.1, -0.05) is 30.1 Å². The van der Waals surface area contributed by atoms with Gasteiger partial charge in [0, 0.05) is 28.1 Å². The van der Waals surface area contributed by atoms with Gasteiger partial charge in [-0.15, -0.1) is 11.3 Å². The van der Waals surface area contributed by atoms with Crippen molar-refractivity contribution in [2.75, 3.05) is 0 Å². The Morgan fingerprint density at radius 1 is 1.38 bits per heavy atom. The van der Waals surface area contributed by atoms with Crippen molar-refractivity contribution < 1.29 is 9.53 Å². The summed E-state index contributed by atoms with van der Waals surface area (Å²) in [6.07, 6.45) is 1.93. The second-order valence-corrected chi connectivity index (χ2v) is 8.63. The van der Waals surface area contributed by atoms with Gasteiger partial charge >= 0.3 is 0 Å². The van der Waals surface area contributed by atoms with Crippen LogP contribution in [0.1, 0.15) is 31.2 Å². The highest BCUT2D eigenvalue weighted by Gasteiger charge is 2.44. The van der Waals surface area contributed by atoms with Gasteiger partial charge < -0.3 is 15.0 Å². The predicted octanol–water partition coefficient (Wildman–Crippen LogP) is 4.93. The van der Waals surface area contributed by atoms with Crippen molar-refractivity contribution in [1.82, 2.24) is 15.3 Å². The maximum atomic E-state index is 12.1. The van der Waals surface area contributed by atoms with E-state index in [1.54, 1.807) is 5.51 Å². The van der Waals surface area contributed by atoms with Crippen LogP contribution in [0.25, 0.3) is 10.9 Å². The average Bonchev–Trinajstić information content (AvgIpc) is 3.05. The van der Waals surface area contributed by atoms with Gasteiger partial charge in [-0.25, -0.2) is 4.98 Å². The van der Waals surface area contributed by atoms with Crippen LogP contribution in [0.5, 0.6) is 5.75 Å². The number of fused-ring (bicyclic) bond motifs is 1.